The van der Waals surface area contributed by atoms with E-state index in [1.54, 1.807) is 18.9 Å². The molecule has 3 N–H and O–H groups in total. The zero-order chi connectivity index (χ0) is 15.4. The first-order valence-electron chi connectivity index (χ1n) is 6.48. The van der Waals surface area contributed by atoms with Crippen molar-refractivity contribution >= 4 is 29.0 Å². The fraction of sp³-hybridized carbons (Fsp3) is 0.188. The minimum Gasteiger partial charge on any atom is -0.495 e. The number of hydrogen-bond donors (Lipinski definition) is 2. The molecule has 2 aromatic carbocycles. The second-order valence-electron chi connectivity index (χ2n) is 4.50. The van der Waals surface area contributed by atoms with E-state index in [4.69, 9.17) is 15.9 Å². The van der Waals surface area contributed by atoms with E-state index < -0.39 is 0 Å². The summed E-state index contributed by atoms with van der Waals surface area (Å²) in [4.78, 5) is 2.98. The van der Waals surface area contributed by atoms with Gasteiger partial charge in [-0.1, -0.05) is 18.2 Å². The highest BCUT2D eigenvalue weighted by Gasteiger charge is 2.17. The second-order valence-corrected chi connectivity index (χ2v) is 5.35. The van der Waals surface area contributed by atoms with E-state index in [0.29, 0.717) is 0 Å². The van der Waals surface area contributed by atoms with Gasteiger partial charge in [-0.2, -0.15) is 0 Å². The predicted molar refractivity (Wildman–Crippen MR) is 90.3 cm³/mol. The van der Waals surface area contributed by atoms with Gasteiger partial charge in [-0.3, -0.25) is 5.41 Å². The average Bonchev–Trinajstić information content (AvgIpc) is 2.53. The molecule has 0 saturated heterocycles. The molecule has 5 heteroatoms. The minimum atomic E-state index is 0.0664. The number of benzene rings is 2. The molecule has 21 heavy (non-hydrogen) atoms. The minimum absolute atomic E-state index is 0.0664. The van der Waals surface area contributed by atoms with Crippen LogP contribution in [0.2, 0.25) is 0 Å². The topological polar surface area (TPSA) is 62.3 Å². The van der Waals surface area contributed by atoms with Crippen LogP contribution < -0.4 is 15.4 Å². The molecule has 4 nitrogen and oxygen atoms in total. The van der Waals surface area contributed by atoms with Crippen molar-refractivity contribution in [3.63, 3.8) is 0 Å². The first-order chi connectivity index (χ1) is 10.1. The Balaban J connectivity index is 2.58. The maximum absolute atomic E-state index is 7.88. The number of anilines is 2. The molecule has 0 unspecified atom stereocenters. The standard InChI is InChI=1S/C16H19N3OS/c1-19(11-7-4-5-9-13(11)20-2)12-8-6-10-14(21-3)15(12)16(17)18/h4-10H,1-3H3,(H3,17,18). The van der Waals surface area contributed by atoms with Crippen molar-refractivity contribution in [3.05, 3.63) is 48.0 Å². The van der Waals surface area contributed by atoms with E-state index in [2.05, 4.69) is 0 Å². The van der Waals surface area contributed by atoms with Gasteiger partial charge in [-0.25, -0.2) is 0 Å². The summed E-state index contributed by atoms with van der Waals surface area (Å²) in [5.41, 5.74) is 8.36. The van der Waals surface area contributed by atoms with Crippen molar-refractivity contribution in [1.82, 2.24) is 0 Å². The Labute approximate surface area is 129 Å². The lowest BCUT2D eigenvalue weighted by molar-refractivity contribution is 0.415. The van der Waals surface area contributed by atoms with Crippen LogP contribution in [0, 0.1) is 5.41 Å². The number of amidine groups is 1. The Bertz CT molecular complexity index is 658. The highest BCUT2D eigenvalue weighted by atomic mass is 32.2. The van der Waals surface area contributed by atoms with Crippen LogP contribution >= 0.6 is 11.8 Å². The van der Waals surface area contributed by atoms with Crippen LogP contribution in [0.4, 0.5) is 11.4 Å². The molecule has 110 valence electrons. The quantitative estimate of drug-likeness (QED) is 0.504. The predicted octanol–water partition coefficient (Wildman–Crippen LogP) is 3.47. The fourth-order valence-electron chi connectivity index (χ4n) is 2.28. The Morgan fingerprint density at radius 3 is 2.43 bits per heavy atom. The van der Waals surface area contributed by atoms with Crippen LogP contribution in [-0.4, -0.2) is 26.2 Å². The van der Waals surface area contributed by atoms with Gasteiger partial charge < -0.3 is 15.4 Å². The summed E-state index contributed by atoms with van der Waals surface area (Å²) in [6.07, 6.45) is 1.98. The van der Waals surface area contributed by atoms with Crippen molar-refractivity contribution in [2.45, 2.75) is 4.90 Å². The van der Waals surface area contributed by atoms with E-state index >= 15 is 0 Å². The summed E-state index contributed by atoms with van der Waals surface area (Å²) in [6, 6.07) is 13.7. The third-order valence-corrected chi connectivity index (χ3v) is 4.08. The number of nitrogen functional groups attached to an aromatic ring is 1. The molecule has 0 saturated carbocycles. The summed E-state index contributed by atoms with van der Waals surface area (Å²) in [5.74, 6) is 0.848. The van der Waals surface area contributed by atoms with Gasteiger partial charge in [-0.05, 0) is 30.5 Å². The lowest BCUT2D eigenvalue weighted by atomic mass is 10.1. The van der Waals surface area contributed by atoms with Crippen molar-refractivity contribution in [2.75, 3.05) is 25.3 Å². The van der Waals surface area contributed by atoms with Gasteiger partial charge in [0.05, 0.1) is 24.0 Å². The molecule has 0 radical (unpaired) electrons. The molecule has 0 spiro atoms. The summed E-state index contributed by atoms with van der Waals surface area (Å²) in [5, 5.41) is 7.88. The molecule has 0 amide bonds. The van der Waals surface area contributed by atoms with Crippen LogP contribution in [0.1, 0.15) is 5.56 Å². The molecular weight excluding hydrogens is 282 g/mol. The maximum Gasteiger partial charge on any atom is 0.142 e. The first-order valence-corrected chi connectivity index (χ1v) is 7.70. The number of nitrogens with one attached hydrogen (secondary N) is 1. The number of ether oxygens (including phenoxy) is 1. The summed E-state index contributed by atoms with van der Waals surface area (Å²) >= 11 is 1.58. The molecule has 0 aromatic heterocycles. The monoisotopic (exact) mass is 301 g/mol. The van der Waals surface area contributed by atoms with Gasteiger partial charge >= 0.3 is 0 Å². The molecule has 0 aliphatic heterocycles. The molecular formula is C16H19N3OS. The van der Waals surface area contributed by atoms with E-state index in [1.807, 2.05) is 60.7 Å². The molecule has 0 aliphatic rings. The molecule has 0 atom stereocenters. The van der Waals surface area contributed by atoms with Gasteiger partial charge in [-0.15, -0.1) is 11.8 Å². The summed E-state index contributed by atoms with van der Waals surface area (Å²) in [7, 11) is 3.60. The lowest BCUT2D eigenvalue weighted by Gasteiger charge is -2.25. The van der Waals surface area contributed by atoms with E-state index in [1.165, 1.54) is 0 Å². The van der Waals surface area contributed by atoms with Crippen LogP contribution in [0.15, 0.2) is 47.4 Å². The molecule has 0 fully saturated rings. The van der Waals surface area contributed by atoms with E-state index in [0.717, 1.165) is 27.6 Å². The second kappa shape index (κ2) is 6.54. The number of nitrogens with zero attached hydrogens (tertiary/aromatic N) is 1. The first kappa shape index (κ1) is 15.3. The molecule has 0 heterocycles. The van der Waals surface area contributed by atoms with Gasteiger partial charge in [0.25, 0.3) is 0 Å². The van der Waals surface area contributed by atoms with E-state index in [9.17, 15) is 0 Å². The third kappa shape index (κ3) is 2.97. The number of rotatable bonds is 5. The van der Waals surface area contributed by atoms with Gasteiger partial charge in [0.2, 0.25) is 0 Å². The average molecular weight is 301 g/mol. The van der Waals surface area contributed by atoms with Crippen LogP contribution in [-0.2, 0) is 0 Å². The largest absolute Gasteiger partial charge is 0.495 e. The summed E-state index contributed by atoms with van der Waals surface area (Å²) < 4.78 is 5.41. The van der Waals surface area contributed by atoms with Crippen LogP contribution in [0.5, 0.6) is 5.75 Å². The van der Waals surface area contributed by atoms with Gasteiger partial charge in [0.15, 0.2) is 0 Å². The highest BCUT2D eigenvalue weighted by molar-refractivity contribution is 7.98. The SMILES string of the molecule is COc1ccccc1N(C)c1cccc(SC)c1C(=N)N. The molecule has 0 bridgehead atoms. The summed E-state index contributed by atoms with van der Waals surface area (Å²) in [6.45, 7) is 0. The molecule has 0 aliphatic carbocycles. The third-order valence-electron chi connectivity index (χ3n) is 3.30. The zero-order valence-corrected chi connectivity index (χ0v) is 13.2. The lowest BCUT2D eigenvalue weighted by Crippen LogP contribution is -2.19. The Morgan fingerprint density at radius 1 is 1.14 bits per heavy atom. The van der Waals surface area contributed by atoms with Crippen LogP contribution in [0.25, 0.3) is 0 Å². The number of methoxy groups -OCH3 is 1. The van der Waals surface area contributed by atoms with Crippen molar-refractivity contribution in [3.8, 4) is 5.75 Å². The Hall–Kier alpha value is -2.14. The number of para-hydroxylation sites is 2. The zero-order valence-electron chi connectivity index (χ0n) is 12.4. The fourth-order valence-corrected chi connectivity index (χ4v) is 2.91. The molecule has 2 aromatic rings. The highest BCUT2D eigenvalue weighted by Crippen LogP contribution is 2.36. The number of nitrogens with two attached hydrogens (primary N) is 1. The number of hydrogen-bond acceptors (Lipinski definition) is 4. The van der Waals surface area contributed by atoms with E-state index in [-0.39, 0.29) is 5.84 Å². The normalized spacial score (nSPS) is 10.2. The number of thioether (sulfide) groups is 1. The van der Waals surface area contributed by atoms with Crippen LogP contribution in [0.3, 0.4) is 0 Å². The van der Waals surface area contributed by atoms with Gasteiger partial charge in [0.1, 0.15) is 11.6 Å². The Kier molecular flexibility index (Phi) is 4.75. The van der Waals surface area contributed by atoms with Gasteiger partial charge in [0, 0.05) is 11.9 Å². The van der Waals surface area contributed by atoms with Crippen molar-refractivity contribution in [1.29, 1.82) is 5.41 Å². The van der Waals surface area contributed by atoms with Crippen molar-refractivity contribution < 1.29 is 4.74 Å². The van der Waals surface area contributed by atoms with Crippen molar-refractivity contribution in [2.24, 2.45) is 5.73 Å². The smallest absolute Gasteiger partial charge is 0.142 e. The molecule has 2 rings (SSSR count). The maximum atomic E-state index is 7.88. The Morgan fingerprint density at radius 2 is 1.81 bits per heavy atom.